The molecular weight excluding hydrogens is 434 g/mol. The fourth-order valence-electron chi connectivity index (χ4n) is 2.54. The van der Waals surface area contributed by atoms with Crippen LogP contribution >= 0.6 is 0 Å². The van der Waals surface area contributed by atoms with Gasteiger partial charge in [-0.2, -0.15) is 8.42 Å². The van der Waals surface area contributed by atoms with Gasteiger partial charge in [0, 0.05) is 18.9 Å². The second kappa shape index (κ2) is 14.2. The highest BCUT2D eigenvalue weighted by Crippen LogP contribution is 2.32. The number of hydrogen-bond acceptors (Lipinski definition) is 9. The number of aliphatic carboxylic acids is 1. The van der Waals surface area contributed by atoms with Gasteiger partial charge in [0.15, 0.2) is 6.10 Å². The van der Waals surface area contributed by atoms with Crippen LogP contribution in [0, 0.1) is 5.41 Å². The van der Waals surface area contributed by atoms with Crippen molar-refractivity contribution in [1.29, 1.82) is 0 Å². The van der Waals surface area contributed by atoms with Crippen molar-refractivity contribution in [3.05, 3.63) is 0 Å². The number of carboxylic acid groups (broad SMARTS) is 1. The number of nitrogens with one attached hydrogen (secondary N) is 1. The Labute approximate surface area is 183 Å². The van der Waals surface area contributed by atoms with E-state index in [9.17, 15) is 27.9 Å². The number of hydrogen-bond donors (Lipinski definition) is 3. The molecule has 1 amide bonds. The predicted octanol–water partition coefficient (Wildman–Crippen LogP) is 1.43. The molecule has 0 fully saturated rings. The maximum atomic E-state index is 12.3. The molecule has 0 saturated heterocycles. The first-order chi connectivity index (χ1) is 14.3. The van der Waals surface area contributed by atoms with Gasteiger partial charge in [-0.25, -0.2) is 9.59 Å². The number of aliphatic hydroxyl groups excluding tert-OH is 1. The van der Waals surface area contributed by atoms with Crippen LogP contribution < -0.4 is 5.32 Å². The summed E-state index contributed by atoms with van der Waals surface area (Å²) in [5.41, 5.74) is -1.46. The fraction of sp³-hybridized carbons (Fsp3) is 0.842. The van der Waals surface area contributed by atoms with Gasteiger partial charge in [-0.3, -0.25) is 8.98 Å². The molecule has 2 atom stereocenters. The molecule has 0 spiro atoms. The molecule has 0 bridgehead atoms. The fourth-order valence-corrected chi connectivity index (χ4v) is 3.83. The number of carbonyl (C=O) groups is 3. The Morgan fingerprint density at radius 1 is 1.06 bits per heavy atom. The highest BCUT2D eigenvalue weighted by atomic mass is 32.2. The second-order valence-corrected chi connectivity index (χ2v) is 9.40. The molecule has 0 aliphatic rings. The van der Waals surface area contributed by atoms with E-state index in [1.807, 2.05) is 6.92 Å². The summed E-state index contributed by atoms with van der Waals surface area (Å²) in [4.78, 5) is 33.6. The lowest BCUT2D eigenvalue weighted by molar-refractivity contribution is -0.158. The summed E-state index contributed by atoms with van der Waals surface area (Å²) in [7, 11) is -4.08. The average Bonchev–Trinajstić information content (AvgIpc) is 2.66. The summed E-state index contributed by atoms with van der Waals surface area (Å²) in [6.07, 6.45) is -2.10. The van der Waals surface area contributed by atoms with E-state index in [0.717, 1.165) is 6.42 Å². The van der Waals surface area contributed by atoms with Crippen LogP contribution in [0.3, 0.4) is 0 Å². The van der Waals surface area contributed by atoms with Gasteiger partial charge in [0.05, 0.1) is 25.1 Å². The topological polar surface area (TPSA) is 166 Å². The van der Waals surface area contributed by atoms with Gasteiger partial charge in [0.25, 0.3) is 10.1 Å². The highest BCUT2D eigenvalue weighted by molar-refractivity contribution is 7.86. The molecule has 3 N–H and O–H groups in total. The number of aliphatic hydroxyl groups is 1. The molecule has 31 heavy (non-hydrogen) atoms. The van der Waals surface area contributed by atoms with Crippen molar-refractivity contribution in [1.82, 2.24) is 5.32 Å². The zero-order chi connectivity index (χ0) is 24.1. The maximum Gasteiger partial charge on any atom is 0.508 e. The molecule has 1 unspecified atom stereocenters. The monoisotopic (exact) mass is 469 g/mol. The Balaban J connectivity index is 4.96. The first-order valence-electron chi connectivity index (χ1n) is 10.2. The van der Waals surface area contributed by atoms with E-state index >= 15 is 0 Å². The Morgan fingerprint density at radius 3 is 2.16 bits per heavy atom. The molecule has 12 heteroatoms. The Kier molecular flexibility index (Phi) is 13.3. The molecule has 0 radical (unpaired) electrons. The van der Waals surface area contributed by atoms with Crippen LogP contribution in [-0.2, 0) is 33.4 Å². The third kappa shape index (κ3) is 12.5. The van der Waals surface area contributed by atoms with Crippen molar-refractivity contribution in [2.45, 2.75) is 72.0 Å². The van der Waals surface area contributed by atoms with Gasteiger partial charge in [0.1, 0.15) is 0 Å². The maximum absolute atomic E-state index is 12.3. The first kappa shape index (κ1) is 29.1. The Bertz CT molecular complexity index is 677. The summed E-state index contributed by atoms with van der Waals surface area (Å²) in [5, 5.41) is 21.7. The molecule has 182 valence electrons. The lowest BCUT2D eigenvalue weighted by Gasteiger charge is -2.35. The van der Waals surface area contributed by atoms with Gasteiger partial charge in [-0.15, -0.1) is 0 Å². The first-order valence-corrected chi connectivity index (χ1v) is 11.8. The minimum Gasteiger partial charge on any atom is -0.479 e. The van der Waals surface area contributed by atoms with E-state index in [1.54, 1.807) is 0 Å². The van der Waals surface area contributed by atoms with Crippen molar-refractivity contribution < 1.29 is 46.7 Å². The van der Waals surface area contributed by atoms with Crippen LogP contribution in [-0.4, -0.2) is 74.4 Å². The largest absolute Gasteiger partial charge is 0.508 e. The number of carboxylic acids is 1. The van der Waals surface area contributed by atoms with Gasteiger partial charge in [0.2, 0.25) is 5.91 Å². The Morgan fingerprint density at radius 2 is 1.65 bits per heavy atom. The third-order valence-corrected chi connectivity index (χ3v) is 5.84. The van der Waals surface area contributed by atoms with Gasteiger partial charge < -0.3 is 25.0 Å². The summed E-state index contributed by atoms with van der Waals surface area (Å²) in [6.45, 7) is 6.28. The summed E-state index contributed by atoms with van der Waals surface area (Å²) in [6, 6.07) is 0. The van der Waals surface area contributed by atoms with Crippen molar-refractivity contribution in [2.75, 3.05) is 25.5 Å². The molecule has 0 rings (SSSR count). The molecule has 0 saturated carbocycles. The molecule has 11 nitrogen and oxygen atoms in total. The van der Waals surface area contributed by atoms with Crippen LogP contribution in [0.1, 0.15) is 59.8 Å². The lowest BCUT2D eigenvalue weighted by Crippen LogP contribution is -2.47. The van der Waals surface area contributed by atoms with Gasteiger partial charge in [-0.1, -0.05) is 27.2 Å². The predicted molar refractivity (Wildman–Crippen MR) is 111 cm³/mol. The molecule has 0 aromatic rings. The van der Waals surface area contributed by atoms with Crippen LogP contribution in [0.2, 0.25) is 0 Å². The zero-order valence-electron chi connectivity index (χ0n) is 18.6. The minimum absolute atomic E-state index is 0.00447. The van der Waals surface area contributed by atoms with Crippen molar-refractivity contribution in [2.24, 2.45) is 5.41 Å². The number of ether oxygens (including phenoxy) is 2. The minimum atomic E-state index is -4.08. The van der Waals surface area contributed by atoms with Gasteiger partial charge >= 0.3 is 12.1 Å². The number of carbonyl (C=O) groups excluding carboxylic acids is 2. The third-order valence-electron chi connectivity index (χ3n) is 4.52. The van der Waals surface area contributed by atoms with Crippen LogP contribution in [0.4, 0.5) is 4.79 Å². The molecule has 0 aromatic heterocycles. The average molecular weight is 470 g/mol. The lowest BCUT2D eigenvalue weighted by atomic mass is 9.79. The normalized spacial score (nSPS) is 13.8. The Hall–Kier alpha value is -1.92. The van der Waals surface area contributed by atoms with Crippen LogP contribution in [0.25, 0.3) is 0 Å². The van der Waals surface area contributed by atoms with E-state index in [4.69, 9.17) is 18.8 Å². The van der Waals surface area contributed by atoms with E-state index in [1.165, 1.54) is 20.8 Å². The van der Waals surface area contributed by atoms with Crippen molar-refractivity contribution in [3.63, 3.8) is 0 Å². The number of rotatable bonds is 16. The molecule has 0 aliphatic carbocycles. The second-order valence-electron chi connectivity index (χ2n) is 7.69. The smallest absolute Gasteiger partial charge is 0.479 e. The zero-order valence-corrected chi connectivity index (χ0v) is 19.4. The van der Waals surface area contributed by atoms with E-state index in [2.05, 4.69) is 5.32 Å². The van der Waals surface area contributed by atoms with Gasteiger partial charge in [-0.05, 0) is 25.7 Å². The molecular formula is C19H35NO10S. The molecule has 0 heterocycles. The van der Waals surface area contributed by atoms with E-state index in [0.29, 0.717) is 6.42 Å². The molecule has 0 aliphatic heterocycles. The molecule has 0 aromatic carbocycles. The highest BCUT2D eigenvalue weighted by Gasteiger charge is 2.43. The quantitative estimate of drug-likeness (QED) is 0.171. The van der Waals surface area contributed by atoms with Crippen LogP contribution in [0.5, 0.6) is 0 Å². The summed E-state index contributed by atoms with van der Waals surface area (Å²) in [5.74, 6) is -2.21. The number of unbranched alkanes of at least 4 members (excludes halogenated alkanes) is 1. The van der Waals surface area contributed by atoms with Crippen LogP contribution in [0.15, 0.2) is 0 Å². The summed E-state index contributed by atoms with van der Waals surface area (Å²) < 4.78 is 39.7. The standard InChI is InChI=1S/C19H35NO10S/c1-5-6-11-28-18(25)29-12-7-9-15(19(3,4)16(22)17(23)24)30-31(26,27)13-8-10-20-14(2)21/h15-16,22H,5-13H2,1-4H3,(H,20,21)(H,23,24)/t15?,16-/m0/s1. The summed E-state index contributed by atoms with van der Waals surface area (Å²) >= 11 is 0. The SMILES string of the molecule is CCCCOC(=O)OCCCC(OS(=O)(=O)CCCNC(C)=O)C(C)(C)[C@@H](O)C(=O)O. The van der Waals surface area contributed by atoms with E-state index < -0.39 is 45.6 Å². The number of amides is 1. The van der Waals surface area contributed by atoms with E-state index in [-0.39, 0.29) is 44.9 Å². The van der Waals surface area contributed by atoms with Crippen molar-refractivity contribution in [3.8, 4) is 0 Å². The van der Waals surface area contributed by atoms with Crippen molar-refractivity contribution >= 4 is 28.1 Å².